The van der Waals surface area contributed by atoms with Crippen molar-refractivity contribution in [3.05, 3.63) is 52.0 Å². The molecule has 27 heavy (non-hydrogen) atoms. The van der Waals surface area contributed by atoms with E-state index in [0.717, 1.165) is 12.1 Å². The van der Waals surface area contributed by atoms with E-state index in [0.29, 0.717) is 28.5 Å². The number of nitrogens with one attached hydrogen (secondary N) is 3. The summed E-state index contributed by atoms with van der Waals surface area (Å²) in [6, 6.07) is 9.62. The Balaban J connectivity index is 2.19. The Bertz CT molecular complexity index is 840. The summed E-state index contributed by atoms with van der Waals surface area (Å²) in [6.45, 7) is 2.56. The Kier molecular flexibility index (Phi) is 7.33. The minimum Gasteiger partial charge on any atom is -0.377 e. The van der Waals surface area contributed by atoms with Crippen LogP contribution in [0.4, 0.5) is 21.9 Å². The zero-order chi connectivity index (χ0) is 20.0. The minimum absolute atomic E-state index is 0.192. The minimum atomic E-state index is -0.489. The molecule has 8 heteroatoms. The van der Waals surface area contributed by atoms with Gasteiger partial charge in [0.25, 0.3) is 5.91 Å². The number of anilines is 3. The van der Waals surface area contributed by atoms with Crippen molar-refractivity contribution >= 4 is 52.2 Å². The van der Waals surface area contributed by atoms with Crippen molar-refractivity contribution in [2.24, 2.45) is 0 Å². The highest BCUT2D eigenvalue weighted by Crippen LogP contribution is 2.29. The van der Waals surface area contributed by atoms with E-state index in [1.165, 1.54) is 0 Å². The molecule has 3 amide bonds. The van der Waals surface area contributed by atoms with Gasteiger partial charge in [-0.3, -0.25) is 4.79 Å². The Hall–Kier alpha value is -2.44. The average Bonchev–Trinajstić information content (AvgIpc) is 2.63. The quantitative estimate of drug-likeness (QED) is 0.639. The van der Waals surface area contributed by atoms with Crippen LogP contribution in [0, 0.1) is 0 Å². The van der Waals surface area contributed by atoms with Crippen LogP contribution in [0.25, 0.3) is 0 Å². The van der Waals surface area contributed by atoms with Gasteiger partial charge in [0.2, 0.25) is 0 Å². The summed E-state index contributed by atoms with van der Waals surface area (Å²) in [5, 5.41) is 8.81. The third-order valence-corrected chi connectivity index (χ3v) is 4.54. The maximum atomic E-state index is 12.4. The smallest absolute Gasteiger partial charge is 0.323 e. The summed E-state index contributed by atoms with van der Waals surface area (Å²) < 4.78 is 0. The van der Waals surface area contributed by atoms with Crippen molar-refractivity contribution in [1.82, 2.24) is 5.32 Å². The highest BCUT2D eigenvalue weighted by molar-refractivity contribution is 6.44. The molecule has 0 saturated heterocycles. The fourth-order valence-electron chi connectivity index (χ4n) is 2.40. The summed E-state index contributed by atoms with van der Waals surface area (Å²) >= 11 is 12.0. The summed E-state index contributed by atoms with van der Waals surface area (Å²) in [5.41, 5.74) is 2.12. The number of hydrogen-bond donors (Lipinski definition) is 3. The molecule has 0 aliphatic heterocycles. The van der Waals surface area contributed by atoms with Crippen LogP contribution >= 0.6 is 23.2 Å². The third kappa shape index (κ3) is 5.52. The summed E-state index contributed by atoms with van der Waals surface area (Å²) in [5.74, 6) is -0.192. The molecule has 6 nitrogen and oxygen atoms in total. The van der Waals surface area contributed by atoms with Crippen LogP contribution in [0.5, 0.6) is 0 Å². The molecule has 0 unspecified atom stereocenters. The van der Waals surface area contributed by atoms with Gasteiger partial charge in [-0.2, -0.15) is 0 Å². The summed E-state index contributed by atoms with van der Waals surface area (Å²) in [6.07, 6.45) is 0.837. The maximum absolute atomic E-state index is 12.4. The average molecular weight is 409 g/mol. The molecule has 144 valence electrons. The van der Waals surface area contributed by atoms with E-state index in [1.807, 2.05) is 25.9 Å². The van der Waals surface area contributed by atoms with Crippen molar-refractivity contribution in [1.29, 1.82) is 0 Å². The van der Waals surface area contributed by atoms with Gasteiger partial charge in [-0.15, -0.1) is 0 Å². The van der Waals surface area contributed by atoms with Crippen LogP contribution in [-0.4, -0.2) is 32.6 Å². The molecule has 2 rings (SSSR count). The number of nitrogens with zero attached hydrogens (tertiary/aromatic N) is 1. The van der Waals surface area contributed by atoms with Gasteiger partial charge in [0, 0.05) is 32.0 Å². The first-order chi connectivity index (χ1) is 12.8. The first-order valence-corrected chi connectivity index (χ1v) is 9.20. The predicted molar refractivity (Wildman–Crippen MR) is 112 cm³/mol. The zero-order valence-corrected chi connectivity index (χ0v) is 16.9. The molecule has 0 aromatic heterocycles. The number of carbonyl (C=O) groups excluding carboxylic acids is 2. The molecular formula is C19H22Cl2N4O2. The Labute approximate surface area is 168 Å². The van der Waals surface area contributed by atoms with Crippen molar-refractivity contribution in [3.8, 4) is 0 Å². The number of halogens is 2. The van der Waals surface area contributed by atoms with Crippen molar-refractivity contribution in [2.75, 3.05) is 36.2 Å². The number of benzene rings is 2. The van der Waals surface area contributed by atoms with Gasteiger partial charge in [-0.1, -0.05) is 36.2 Å². The lowest BCUT2D eigenvalue weighted by molar-refractivity contribution is 0.0954. The van der Waals surface area contributed by atoms with Gasteiger partial charge < -0.3 is 20.9 Å². The molecule has 0 saturated carbocycles. The van der Waals surface area contributed by atoms with Crippen LogP contribution in [0.2, 0.25) is 10.0 Å². The van der Waals surface area contributed by atoms with Crippen LogP contribution < -0.4 is 20.9 Å². The van der Waals surface area contributed by atoms with E-state index in [-0.39, 0.29) is 10.9 Å². The van der Waals surface area contributed by atoms with Crippen LogP contribution in [0.1, 0.15) is 23.7 Å². The monoisotopic (exact) mass is 408 g/mol. The van der Waals surface area contributed by atoms with Gasteiger partial charge in [0.05, 0.1) is 21.3 Å². The number of amides is 3. The molecule has 0 atom stereocenters. The first-order valence-electron chi connectivity index (χ1n) is 8.45. The second-order valence-electron chi connectivity index (χ2n) is 6.06. The molecule has 0 aliphatic carbocycles. The number of rotatable bonds is 6. The van der Waals surface area contributed by atoms with Gasteiger partial charge in [0.1, 0.15) is 0 Å². The lowest BCUT2D eigenvalue weighted by Gasteiger charge is -2.18. The normalized spacial score (nSPS) is 10.3. The molecule has 0 fully saturated rings. The third-order valence-electron chi connectivity index (χ3n) is 3.72. The molecule has 0 heterocycles. The highest BCUT2D eigenvalue weighted by atomic mass is 35.5. The second-order valence-corrected chi connectivity index (χ2v) is 6.85. The standard InChI is InChI=1S/C19H22Cl2N4O2/c1-4-10-22-18(26)13-11-12(8-9-16(13)25(2)3)23-19(27)24-15-7-5-6-14(20)17(15)21/h5-9,11H,4,10H2,1-3H3,(H,22,26)(H2,23,24,27). The second kappa shape index (κ2) is 9.48. The van der Waals surface area contributed by atoms with Crippen molar-refractivity contribution < 1.29 is 9.59 Å². The molecule has 0 radical (unpaired) electrons. The molecular weight excluding hydrogens is 387 g/mol. The SMILES string of the molecule is CCCNC(=O)c1cc(NC(=O)Nc2cccc(Cl)c2Cl)ccc1N(C)C. The number of hydrogen-bond acceptors (Lipinski definition) is 3. The Morgan fingerprint density at radius 2 is 1.81 bits per heavy atom. The summed E-state index contributed by atoms with van der Waals surface area (Å²) in [7, 11) is 3.71. The number of urea groups is 1. The van der Waals surface area contributed by atoms with Crippen LogP contribution in [0.3, 0.4) is 0 Å². The van der Waals surface area contributed by atoms with Gasteiger partial charge in [-0.25, -0.2) is 4.79 Å². The lowest BCUT2D eigenvalue weighted by atomic mass is 10.1. The molecule has 2 aromatic rings. The molecule has 0 aliphatic rings. The number of carbonyl (C=O) groups is 2. The lowest BCUT2D eigenvalue weighted by Crippen LogP contribution is -2.27. The van der Waals surface area contributed by atoms with Crippen LogP contribution in [-0.2, 0) is 0 Å². The molecule has 3 N–H and O–H groups in total. The maximum Gasteiger partial charge on any atom is 0.323 e. The Morgan fingerprint density at radius 3 is 2.48 bits per heavy atom. The molecule has 0 bridgehead atoms. The van der Waals surface area contributed by atoms with Crippen LogP contribution in [0.15, 0.2) is 36.4 Å². The zero-order valence-electron chi connectivity index (χ0n) is 15.4. The van der Waals surface area contributed by atoms with E-state index in [9.17, 15) is 9.59 Å². The fourth-order valence-corrected chi connectivity index (χ4v) is 2.75. The van der Waals surface area contributed by atoms with Crippen molar-refractivity contribution in [2.45, 2.75) is 13.3 Å². The van der Waals surface area contributed by atoms with E-state index in [1.54, 1.807) is 36.4 Å². The predicted octanol–water partition coefficient (Wildman–Crippen LogP) is 4.84. The van der Waals surface area contributed by atoms with E-state index in [4.69, 9.17) is 23.2 Å². The topological polar surface area (TPSA) is 73.5 Å². The molecule has 0 spiro atoms. The van der Waals surface area contributed by atoms with E-state index >= 15 is 0 Å². The van der Waals surface area contributed by atoms with E-state index < -0.39 is 6.03 Å². The fraction of sp³-hybridized carbons (Fsp3) is 0.263. The highest BCUT2D eigenvalue weighted by Gasteiger charge is 2.15. The summed E-state index contributed by atoms with van der Waals surface area (Å²) in [4.78, 5) is 26.6. The van der Waals surface area contributed by atoms with Crippen molar-refractivity contribution in [3.63, 3.8) is 0 Å². The Morgan fingerprint density at radius 1 is 1.07 bits per heavy atom. The van der Waals surface area contributed by atoms with Gasteiger partial charge >= 0.3 is 6.03 Å². The largest absolute Gasteiger partial charge is 0.377 e. The first kappa shape index (κ1) is 20.9. The molecule has 2 aromatic carbocycles. The van der Waals surface area contributed by atoms with Gasteiger partial charge in [0.15, 0.2) is 0 Å². The van der Waals surface area contributed by atoms with E-state index in [2.05, 4.69) is 16.0 Å². The van der Waals surface area contributed by atoms with Gasteiger partial charge in [-0.05, 0) is 36.8 Å².